The van der Waals surface area contributed by atoms with E-state index in [0.717, 1.165) is 27.9 Å². The topological polar surface area (TPSA) is 80.9 Å². The lowest BCUT2D eigenvalue weighted by Crippen LogP contribution is -2.51. The number of amides is 1. The van der Waals surface area contributed by atoms with E-state index in [1.807, 2.05) is 13.8 Å². The van der Waals surface area contributed by atoms with Crippen LogP contribution in [0.25, 0.3) is 0 Å². The lowest BCUT2D eigenvalue weighted by molar-refractivity contribution is -0.123. The SMILES string of the molecule is CNC(C)(CCCSc1nnc(C)s1)C(N)=O. The molecule has 1 heterocycles. The summed E-state index contributed by atoms with van der Waals surface area (Å²) in [5, 5.41) is 11.9. The van der Waals surface area contributed by atoms with Gasteiger partial charge in [-0.05, 0) is 33.7 Å². The van der Waals surface area contributed by atoms with Gasteiger partial charge in [-0.1, -0.05) is 23.1 Å². The van der Waals surface area contributed by atoms with E-state index in [1.165, 1.54) is 0 Å². The molecule has 0 saturated carbocycles. The Balaban J connectivity index is 2.30. The minimum absolute atomic E-state index is 0.309. The number of nitrogens with two attached hydrogens (primary N) is 1. The molecule has 1 aromatic rings. The van der Waals surface area contributed by atoms with Gasteiger partial charge in [0.2, 0.25) is 5.91 Å². The summed E-state index contributed by atoms with van der Waals surface area (Å²) in [6, 6.07) is 0. The fourth-order valence-electron chi connectivity index (χ4n) is 1.29. The molecule has 1 atom stereocenters. The van der Waals surface area contributed by atoms with Crippen molar-refractivity contribution >= 4 is 29.0 Å². The molecule has 3 N–H and O–H groups in total. The summed E-state index contributed by atoms with van der Waals surface area (Å²) >= 11 is 3.26. The Hall–Kier alpha value is -0.660. The van der Waals surface area contributed by atoms with E-state index in [-0.39, 0.29) is 5.91 Å². The van der Waals surface area contributed by atoms with Crippen LogP contribution in [0.1, 0.15) is 24.8 Å². The second kappa shape index (κ2) is 6.32. The maximum absolute atomic E-state index is 11.3. The molecule has 0 saturated heterocycles. The third-order valence-electron chi connectivity index (χ3n) is 2.65. The number of aryl methyl sites for hydroxylation is 1. The standard InChI is InChI=1S/C10H18N4OS2/c1-7-13-14-9(17-7)16-6-4-5-10(2,12-3)8(11)15/h12H,4-6H2,1-3H3,(H2,11,15). The van der Waals surface area contributed by atoms with Gasteiger partial charge in [-0.15, -0.1) is 10.2 Å². The van der Waals surface area contributed by atoms with Crippen LogP contribution in [0.5, 0.6) is 0 Å². The van der Waals surface area contributed by atoms with E-state index in [2.05, 4.69) is 15.5 Å². The minimum Gasteiger partial charge on any atom is -0.368 e. The smallest absolute Gasteiger partial charge is 0.237 e. The molecule has 1 rings (SSSR count). The Kier molecular flexibility index (Phi) is 5.35. The van der Waals surface area contributed by atoms with E-state index < -0.39 is 5.54 Å². The van der Waals surface area contributed by atoms with Gasteiger partial charge < -0.3 is 11.1 Å². The molecule has 0 aromatic carbocycles. The van der Waals surface area contributed by atoms with Crippen LogP contribution in [0, 0.1) is 6.92 Å². The van der Waals surface area contributed by atoms with Crippen molar-refractivity contribution in [2.45, 2.75) is 36.6 Å². The third kappa shape index (κ3) is 4.25. The van der Waals surface area contributed by atoms with E-state index in [4.69, 9.17) is 5.73 Å². The van der Waals surface area contributed by atoms with E-state index in [0.29, 0.717) is 0 Å². The summed E-state index contributed by atoms with van der Waals surface area (Å²) in [4.78, 5) is 11.3. The maximum Gasteiger partial charge on any atom is 0.237 e. The van der Waals surface area contributed by atoms with Crippen LogP contribution in [0.4, 0.5) is 0 Å². The average molecular weight is 274 g/mol. The Morgan fingerprint density at radius 3 is 2.76 bits per heavy atom. The molecule has 0 bridgehead atoms. The Bertz CT molecular complexity index is 382. The molecular weight excluding hydrogens is 256 g/mol. The molecule has 1 amide bonds. The highest BCUT2D eigenvalue weighted by Gasteiger charge is 2.27. The van der Waals surface area contributed by atoms with Crippen LogP contribution in [0.2, 0.25) is 0 Å². The predicted octanol–water partition coefficient (Wildman–Crippen LogP) is 1.18. The van der Waals surface area contributed by atoms with Crippen molar-refractivity contribution in [2.24, 2.45) is 5.73 Å². The number of primary amides is 1. The fraction of sp³-hybridized carbons (Fsp3) is 0.700. The van der Waals surface area contributed by atoms with Gasteiger partial charge in [-0.25, -0.2) is 0 Å². The molecule has 5 nitrogen and oxygen atoms in total. The molecule has 1 aromatic heterocycles. The maximum atomic E-state index is 11.3. The number of aromatic nitrogens is 2. The van der Waals surface area contributed by atoms with Crippen LogP contribution in [0.15, 0.2) is 4.34 Å². The Morgan fingerprint density at radius 1 is 1.59 bits per heavy atom. The Morgan fingerprint density at radius 2 is 2.29 bits per heavy atom. The summed E-state index contributed by atoms with van der Waals surface area (Å²) in [6.07, 6.45) is 1.63. The van der Waals surface area contributed by atoms with Crippen molar-refractivity contribution < 1.29 is 4.79 Å². The molecular formula is C10H18N4OS2. The highest BCUT2D eigenvalue weighted by atomic mass is 32.2. The molecule has 0 fully saturated rings. The van der Waals surface area contributed by atoms with Gasteiger partial charge in [0, 0.05) is 5.75 Å². The average Bonchev–Trinajstić information content (AvgIpc) is 2.70. The van der Waals surface area contributed by atoms with Gasteiger partial charge in [0.05, 0.1) is 5.54 Å². The lowest BCUT2D eigenvalue weighted by atomic mass is 9.96. The van der Waals surface area contributed by atoms with Gasteiger partial charge in [0.25, 0.3) is 0 Å². The van der Waals surface area contributed by atoms with Crippen molar-refractivity contribution in [1.82, 2.24) is 15.5 Å². The number of thioether (sulfide) groups is 1. The molecule has 1 unspecified atom stereocenters. The molecule has 7 heteroatoms. The second-order valence-corrected chi connectivity index (χ2v) is 6.51. The zero-order valence-corrected chi connectivity index (χ0v) is 12.0. The molecule has 0 aliphatic rings. The zero-order valence-electron chi connectivity index (χ0n) is 10.3. The van der Waals surface area contributed by atoms with Gasteiger partial charge in [-0.3, -0.25) is 4.79 Å². The fourth-order valence-corrected chi connectivity index (χ4v) is 3.12. The van der Waals surface area contributed by atoms with Crippen molar-refractivity contribution in [1.29, 1.82) is 0 Å². The van der Waals surface area contributed by atoms with Gasteiger partial charge in [0.1, 0.15) is 5.01 Å². The summed E-state index contributed by atoms with van der Waals surface area (Å²) in [5.74, 6) is 0.607. The first-order chi connectivity index (χ1) is 7.98. The van der Waals surface area contributed by atoms with Crippen LogP contribution in [-0.4, -0.2) is 34.4 Å². The molecule has 96 valence electrons. The molecule has 17 heavy (non-hydrogen) atoms. The first-order valence-electron chi connectivity index (χ1n) is 5.39. The molecule has 0 aliphatic carbocycles. The van der Waals surface area contributed by atoms with Crippen molar-refractivity contribution in [2.75, 3.05) is 12.8 Å². The molecule has 0 radical (unpaired) electrons. The van der Waals surface area contributed by atoms with Gasteiger partial charge in [-0.2, -0.15) is 0 Å². The number of hydrogen-bond acceptors (Lipinski definition) is 6. The first-order valence-corrected chi connectivity index (χ1v) is 7.20. The number of rotatable bonds is 7. The highest BCUT2D eigenvalue weighted by molar-refractivity contribution is 8.01. The van der Waals surface area contributed by atoms with Crippen molar-refractivity contribution in [3.8, 4) is 0 Å². The number of carbonyl (C=O) groups is 1. The number of nitrogens with one attached hydrogen (secondary N) is 1. The summed E-state index contributed by atoms with van der Waals surface area (Å²) < 4.78 is 0.979. The Labute approximate surface area is 110 Å². The number of nitrogens with zero attached hydrogens (tertiary/aromatic N) is 2. The van der Waals surface area contributed by atoms with E-state index in [1.54, 1.807) is 30.1 Å². The summed E-state index contributed by atoms with van der Waals surface area (Å²) in [5.41, 5.74) is 4.74. The first kappa shape index (κ1) is 14.4. The lowest BCUT2D eigenvalue weighted by Gasteiger charge is -2.25. The van der Waals surface area contributed by atoms with E-state index >= 15 is 0 Å². The quantitative estimate of drug-likeness (QED) is 0.576. The number of hydrogen-bond donors (Lipinski definition) is 2. The van der Waals surface area contributed by atoms with Crippen LogP contribution < -0.4 is 11.1 Å². The summed E-state index contributed by atoms with van der Waals surface area (Å²) in [7, 11) is 1.76. The summed E-state index contributed by atoms with van der Waals surface area (Å²) in [6.45, 7) is 3.77. The molecule has 0 spiro atoms. The number of carbonyl (C=O) groups excluding carboxylic acids is 1. The zero-order chi connectivity index (χ0) is 12.9. The van der Waals surface area contributed by atoms with Crippen molar-refractivity contribution in [3.05, 3.63) is 5.01 Å². The van der Waals surface area contributed by atoms with Gasteiger partial charge >= 0.3 is 0 Å². The monoisotopic (exact) mass is 274 g/mol. The van der Waals surface area contributed by atoms with Crippen LogP contribution in [-0.2, 0) is 4.79 Å². The normalized spacial score (nSPS) is 14.5. The third-order valence-corrected chi connectivity index (χ3v) is 4.71. The van der Waals surface area contributed by atoms with E-state index in [9.17, 15) is 4.79 Å². The van der Waals surface area contributed by atoms with Crippen LogP contribution >= 0.6 is 23.1 Å². The van der Waals surface area contributed by atoms with Crippen molar-refractivity contribution in [3.63, 3.8) is 0 Å². The van der Waals surface area contributed by atoms with Gasteiger partial charge in [0.15, 0.2) is 4.34 Å². The highest BCUT2D eigenvalue weighted by Crippen LogP contribution is 2.24. The minimum atomic E-state index is -0.613. The number of likely N-dealkylation sites (N-methyl/N-ethyl adjacent to an activating group) is 1. The second-order valence-electron chi connectivity index (χ2n) is 3.99. The van der Waals surface area contributed by atoms with Crippen LogP contribution in [0.3, 0.4) is 0 Å². The largest absolute Gasteiger partial charge is 0.368 e. The predicted molar refractivity (Wildman–Crippen MR) is 71.3 cm³/mol. The molecule has 0 aliphatic heterocycles.